The Kier molecular flexibility index (Phi) is 5.56. The van der Waals surface area contributed by atoms with Gasteiger partial charge in [0, 0.05) is 20.2 Å². The number of amides is 3. The second-order valence-corrected chi connectivity index (χ2v) is 4.46. The van der Waals surface area contributed by atoms with E-state index in [1.807, 2.05) is 0 Å². The van der Waals surface area contributed by atoms with Crippen molar-refractivity contribution in [2.75, 3.05) is 33.4 Å². The van der Waals surface area contributed by atoms with Gasteiger partial charge in [0.1, 0.15) is 0 Å². The maximum Gasteiger partial charge on any atom is 0.315 e. The van der Waals surface area contributed by atoms with Crippen molar-refractivity contribution >= 4 is 17.9 Å². The van der Waals surface area contributed by atoms with Gasteiger partial charge in [-0.2, -0.15) is 0 Å². The van der Waals surface area contributed by atoms with Crippen molar-refractivity contribution in [3.05, 3.63) is 0 Å². The summed E-state index contributed by atoms with van der Waals surface area (Å²) >= 11 is 0. The SMILES string of the molecule is COCCNC(=O)CNC(=O)NCC1(C(=O)O)CC1. The number of rotatable bonds is 8. The summed E-state index contributed by atoms with van der Waals surface area (Å²) in [6.07, 6.45) is 1.14. The molecule has 0 heterocycles. The first-order valence-corrected chi connectivity index (χ1v) is 6.01. The quantitative estimate of drug-likeness (QED) is 0.419. The van der Waals surface area contributed by atoms with Crippen molar-refractivity contribution in [1.82, 2.24) is 16.0 Å². The molecular weight excluding hydrogens is 254 g/mol. The molecule has 1 fully saturated rings. The Hall–Kier alpha value is -1.83. The highest BCUT2D eigenvalue weighted by atomic mass is 16.5. The van der Waals surface area contributed by atoms with Crippen LogP contribution in [0.4, 0.5) is 4.79 Å². The molecular formula is C11H19N3O5. The molecule has 108 valence electrons. The molecule has 0 saturated heterocycles. The van der Waals surface area contributed by atoms with Crippen molar-refractivity contribution in [1.29, 1.82) is 0 Å². The minimum atomic E-state index is -0.898. The number of carbonyl (C=O) groups excluding carboxylic acids is 2. The summed E-state index contributed by atoms with van der Waals surface area (Å²) in [4.78, 5) is 33.5. The van der Waals surface area contributed by atoms with E-state index in [1.165, 1.54) is 7.11 Å². The van der Waals surface area contributed by atoms with Crippen molar-refractivity contribution < 1.29 is 24.2 Å². The van der Waals surface area contributed by atoms with E-state index < -0.39 is 17.4 Å². The molecule has 0 bridgehead atoms. The summed E-state index contributed by atoms with van der Waals surface area (Å²) in [5, 5.41) is 16.3. The monoisotopic (exact) mass is 273 g/mol. The van der Waals surface area contributed by atoms with Crippen LogP contribution in [-0.4, -0.2) is 56.4 Å². The summed E-state index contributed by atoms with van der Waals surface area (Å²) in [6, 6.07) is -0.547. The third-order valence-corrected chi connectivity index (χ3v) is 2.93. The molecule has 8 nitrogen and oxygen atoms in total. The summed E-state index contributed by atoms with van der Waals surface area (Å²) < 4.78 is 4.75. The lowest BCUT2D eigenvalue weighted by Gasteiger charge is -2.12. The molecule has 4 N–H and O–H groups in total. The van der Waals surface area contributed by atoms with Crippen LogP contribution in [0.5, 0.6) is 0 Å². The van der Waals surface area contributed by atoms with Crippen molar-refractivity contribution in [2.24, 2.45) is 5.41 Å². The average Bonchev–Trinajstić information content (AvgIpc) is 3.15. The lowest BCUT2D eigenvalue weighted by atomic mass is 10.1. The van der Waals surface area contributed by atoms with Crippen LogP contribution < -0.4 is 16.0 Å². The molecule has 0 aliphatic heterocycles. The Morgan fingerprint density at radius 3 is 2.42 bits per heavy atom. The van der Waals surface area contributed by atoms with E-state index in [2.05, 4.69) is 16.0 Å². The van der Waals surface area contributed by atoms with Gasteiger partial charge in [0.05, 0.1) is 18.6 Å². The molecule has 0 aromatic rings. The number of hydrogen-bond donors (Lipinski definition) is 4. The first-order chi connectivity index (χ1) is 9.00. The van der Waals surface area contributed by atoms with Gasteiger partial charge in [-0.05, 0) is 12.8 Å². The van der Waals surface area contributed by atoms with Gasteiger partial charge in [-0.25, -0.2) is 4.79 Å². The molecule has 1 aliphatic rings. The number of nitrogens with one attached hydrogen (secondary N) is 3. The molecule has 19 heavy (non-hydrogen) atoms. The lowest BCUT2D eigenvalue weighted by Crippen LogP contribution is -2.45. The molecule has 8 heteroatoms. The number of carboxylic acid groups (broad SMARTS) is 1. The van der Waals surface area contributed by atoms with Crippen LogP contribution in [0.15, 0.2) is 0 Å². The fourth-order valence-corrected chi connectivity index (χ4v) is 1.44. The van der Waals surface area contributed by atoms with Crippen LogP contribution in [0.25, 0.3) is 0 Å². The van der Waals surface area contributed by atoms with Crippen LogP contribution >= 0.6 is 0 Å². The molecule has 1 rings (SSSR count). The van der Waals surface area contributed by atoms with Crippen molar-refractivity contribution in [3.63, 3.8) is 0 Å². The standard InChI is InChI=1S/C11H19N3O5/c1-19-5-4-12-8(15)6-13-10(18)14-7-11(2-3-11)9(16)17/h2-7H2,1H3,(H,12,15)(H,16,17)(H2,13,14,18). The Morgan fingerprint density at radius 2 is 1.89 bits per heavy atom. The normalized spacial score (nSPS) is 15.4. The predicted molar refractivity (Wildman–Crippen MR) is 65.6 cm³/mol. The van der Waals surface area contributed by atoms with E-state index in [0.29, 0.717) is 26.0 Å². The van der Waals surface area contributed by atoms with E-state index in [4.69, 9.17) is 9.84 Å². The molecule has 0 aromatic carbocycles. The zero-order valence-electron chi connectivity index (χ0n) is 10.8. The summed E-state index contributed by atoms with van der Waals surface area (Å²) in [5.41, 5.74) is -0.807. The van der Waals surface area contributed by atoms with E-state index in [1.54, 1.807) is 0 Å². The molecule has 0 aromatic heterocycles. The van der Waals surface area contributed by atoms with Gasteiger partial charge in [-0.1, -0.05) is 0 Å². The Morgan fingerprint density at radius 1 is 1.21 bits per heavy atom. The second-order valence-electron chi connectivity index (χ2n) is 4.46. The number of ether oxygens (including phenoxy) is 1. The minimum Gasteiger partial charge on any atom is -0.481 e. The number of methoxy groups -OCH3 is 1. The van der Waals surface area contributed by atoms with E-state index in [9.17, 15) is 14.4 Å². The van der Waals surface area contributed by atoms with E-state index in [-0.39, 0.29) is 19.0 Å². The van der Waals surface area contributed by atoms with Gasteiger partial charge < -0.3 is 25.8 Å². The zero-order valence-corrected chi connectivity index (χ0v) is 10.8. The van der Waals surface area contributed by atoms with Crippen LogP contribution in [0.2, 0.25) is 0 Å². The van der Waals surface area contributed by atoms with Gasteiger partial charge in [-0.3, -0.25) is 9.59 Å². The number of urea groups is 1. The predicted octanol–water partition coefficient (Wildman–Crippen LogP) is -1.09. The van der Waals surface area contributed by atoms with Crippen LogP contribution in [-0.2, 0) is 14.3 Å². The maximum absolute atomic E-state index is 11.4. The fraction of sp³-hybridized carbons (Fsp3) is 0.727. The fourth-order valence-electron chi connectivity index (χ4n) is 1.44. The Bertz CT molecular complexity index is 354. The molecule has 3 amide bonds. The molecule has 0 radical (unpaired) electrons. The highest BCUT2D eigenvalue weighted by molar-refractivity contribution is 5.84. The highest BCUT2D eigenvalue weighted by Gasteiger charge is 2.50. The van der Waals surface area contributed by atoms with Gasteiger partial charge in [-0.15, -0.1) is 0 Å². The average molecular weight is 273 g/mol. The third-order valence-electron chi connectivity index (χ3n) is 2.93. The van der Waals surface area contributed by atoms with E-state index in [0.717, 1.165) is 0 Å². The van der Waals surface area contributed by atoms with Crippen LogP contribution in [0, 0.1) is 5.41 Å². The topological polar surface area (TPSA) is 117 Å². The van der Waals surface area contributed by atoms with Crippen LogP contribution in [0.1, 0.15) is 12.8 Å². The number of hydrogen-bond acceptors (Lipinski definition) is 4. The zero-order chi connectivity index (χ0) is 14.3. The highest BCUT2D eigenvalue weighted by Crippen LogP contribution is 2.45. The first kappa shape index (κ1) is 15.2. The van der Waals surface area contributed by atoms with Crippen LogP contribution in [0.3, 0.4) is 0 Å². The van der Waals surface area contributed by atoms with E-state index >= 15 is 0 Å². The minimum absolute atomic E-state index is 0.0828. The molecule has 1 saturated carbocycles. The van der Waals surface area contributed by atoms with Gasteiger partial charge in [0.25, 0.3) is 0 Å². The molecule has 0 spiro atoms. The number of aliphatic carboxylic acids is 1. The second kappa shape index (κ2) is 6.93. The number of carboxylic acids is 1. The van der Waals surface area contributed by atoms with Crippen molar-refractivity contribution in [2.45, 2.75) is 12.8 Å². The lowest BCUT2D eigenvalue weighted by molar-refractivity contribution is -0.143. The molecule has 0 unspecified atom stereocenters. The smallest absolute Gasteiger partial charge is 0.315 e. The largest absolute Gasteiger partial charge is 0.481 e. The Labute approximate surface area is 110 Å². The van der Waals surface area contributed by atoms with Gasteiger partial charge in [0.2, 0.25) is 5.91 Å². The molecule has 0 atom stereocenters. The maximum atomic E-state index is 11.4. The third kappa shape index (κ3) is 5.12. The van der Waals surface area contributed by atoms with Gasteiger partial charge >= 0.3 is 12.0 Å². The number of carbonyl (C=O) groups is 3. The van der Waals surface area contributed by atoms with Crippen molar-refractivity contribution in [3.8, 4) is 0 Å². The molecule has 1 aliphatic carbocycles. The van der Waals surface area contributed by atoms with Gasteiger partial charge in [0.15, 0.2) is 0 Å². The summed E-state index contributed by atoms with van der Waals surface area (Å²) in [5.74, 6) is -1.23. The Balaban J connectivity index is 2.11. The summed E-state index contributed by atoms with van der Waals surface area (Å²) in [6.45, 7) is 0.703. The summed E-state index contributed by atoms with van der Waals surface area (Å²) in [7, 11) is 1.52. The first-order valence-electron chi connectivity index (χ1n) is 6.01.